The minimum atomic E-state index is -0.00790. The average molecular weight is 362 g/mol. The van der Waals surface area contributed by atoms with Gasteiger partial charge < -0.3 is 14.5 Å². The highest BCUT2D eigenvalue weighted by molar-refractivity contribution is 6.07. The second kappa shape index (κ2) is 8.80. The van der Waals surface area contributed by atoms with Crippen LogP contribution in [0.4, 0.5) is 0 Å². The van der Waals surface area contributed by atoms with Crippen molar-refractivity contribution in [3.05, 3.63) is 77.7 Å². The molecule has 0 aliphatic carbocycles. The Morgan fingerprint density at radius 2 is 1.96 bits per heavy atom. The molecule has 0 aliphatic heterocycles. The number of aromatic nitrogens is 2. The van der Waals surface area contributed by atoms with E-state index in [4.69, 9.17) is 14.9 Å². The van der Waals surface area contributed by atoms with Gasteiger partial charge in [0, 0.05) is 12.3 Å². The summed E-state index contributed by atoms with van der Waals surface area (Å²) in [6.45, 7) is 2.13. The van der Waals surface area contributed by atoms with Crippen molar-refractivity contribution in [2.75, 3.05) is 7.11 Å². The fourth-order valence-corrected chi connectivity index (χ4v) is 2.55. The fraction of sp³-hybridized carbons (Fsp3) is 0.190. The zero-order valence-corrected chi connectivity index (χ0v) is 15.4. The predicted octanol–water partition coefficient (Wildman–Crippen LogP) is 4.22. The topological polar surface area (TPSA) is 83.4 Å². The van der Waals surface area contributed by atoms with Gasteiger partial charge in [-0.05, 0) is 36.2 Å². The zero-order valence-electron chi connectivity index (χ0n) is 15.4. The first-order valence-corrected chi connectivity index (χ1v) is 8.79. The molecule has 2 aromatic heterocycles. The van der Waals surface area contributed by atoms with Gasteiger partial charge in [0.25, 0.3) is 0 Å². The lowest BCUT2D eigenvalue weighted by molar-refractivity contribution is 0.397. The Kier molecular flexibility index (Phi) is 5.99. The third-order valence-corrected chi connectivity index (χ3v) is 3.86. The number of hydrogen-bond acceptors (Lipinski definition) is 4. The number of nitrogens with zero attached hydrogens (tertiary/aromatic N) is 2. The van der Waals surface area contributed by atoms with Gasteiger partial charge in [0.15, 0.2) is 5.84 Å². The summed E-state index contributed by atoms with van der Waals surface area (Å²) < 4.78 is 11.1. The number of nitrogens with one attached hydrogen (secondary N) is 2. The number of pyridine rings is 1. The van der Waals surface area contributed by atoms with E-state index < -0.39 is 0 Å². The number of rotatable bonds is 6. The summed E-state index contributed by atoms with van der Waals surface area (Å²) in [4.78, 5) is 11.8. The molecule has 0 bridgehead atoms. The normalized spacial score (nSPS) is 11.3. The molecule has 0 aliphatic rings. The van der Waals surface area contributed by atoms with Gasteiger partial charge >= 0.3 is 0 Å². The highest BCUT2D eigenvalue weighted by Crippen LogP contribution is 2.15. The van der Waals surface area contributed by atoms with Gasteiger partial charge in [0.05, 0.1) is 7.11 Å². The third kappa shape index (κ3) is 4.82. The highest BCUT2D eigenvalue weighted by atomic mass is 16.5. The molecule has 2 N–H and O–H groups in total. The molecule has 0 unspecified atom stereocenters. The van der Waals surface area contributed by atoms with E-state index in [0.29, 0.717) is 23.2 Å². The molecule has 0 radical (unpaired) electrons. The van der Waals surface area contributed by atoms with Crippen LogP contribution >= 0.6 is 0 Å². The van der Waals surface area contributed by atoms with Crippen LogP contribution in [0, 0.1) is 5.41 Å². The molecule has 138 valence electrons. The quantitative estimate of drug-likeness (QED) is 0.509. The molecule has 0 amide bonds. The number of methoxy groups -OCH3 is 1. The van der Waals surface area contributed by atoms with E-state index >= 15 is 0 Å². The number of H-pyrrole nitrogens is 1. The maximum Gasteiger partial charge on any atom is 0.245 e. The Hall–Kier alpha value is -3.41. The first-order valence-electron chi connectivity index (χ1n) is 8.79. The minimum Gasteiger partial charge on any atom is -0.481 e. The largest absolute Gasteiger partial charge is 0.481 e. The van der Waals surface area contributed by atoms with Crippen LogP contribution in [0.25, 0.3) is 0 Å². The summed E-state index contributed by atoms with van der Waals surface area (Å²) in [7, 11) is 1.54. The SMILES string of the molecule is CCCc1c[nH]c(C(=NC(=N)c2cccc(OC)n2)Oc2ccccc2)c1. The molecule has 0 saturated carbocycles. The van der Waals surface area contributed by atoms with E-state index in [1.807, 2.05) is 42.6 Å². The van der Waals surface area contributed by atoms with Crippen molar-refractivity contribution < 1.29 is 9.47 Å². The van der Waals surface area contributed by atoms with Crippen molar-refractivity contribution >= 4 is 11.7 Å². The van der Waals surface area contributed by atoms with E-state index in [2.05, 4.69) is 21.9 Å². The standard InChI is InChI=1S/C21H22N4O2/c1-3-8-15-13-18(23-14-15)21(27-16-9-5-4-6-10-16)25-20(22)17-11-7-12-19(24-17)26-2/h4-7,9-14,22-23H,3,8H2,1-2H3. The summed E-state index contributed by atoms with van der Waals surface area (Å²) in [5, 5.41) is 8.34. The second-order valence-corrected chi connectivity index (χ2v) is 5.92. The first kappa shape index (κ1) is 18.4. The monoisotopic (exact) mass is 362 g/mol. The van der Waals surface area contributed by atoms with Crippen LogP contribution in [-0.2, 0) is 6.42 Å². The van der Waals surface area contributed by atoms with Gasteiger partial charge in [-0.2, -0.15) is 4.99 Å². The predicted molar refractivity (Wildman–Crippen MR) is 106 cm³/mol. The van der Waals surface area contributed by atoms with Crippen LogP contribution in [0.2, 0.25) is 0 Å². The lowest BCUT2D eigenvalue weighted by Gasteiger charge is -2.08. The van der Waals surface area contributed by atoms with Crippen molar-refractivity contribution in [1.29, 1.82) is 5.41 Å². The Balaban J connectivity index is 1.94. The Morgan fingerprint density at radius 3 is 2.70 bits per heavy atom. The second-order valence-electron chi connectivity index (χ2n) is 5.92. The van der Waals surface area contributed by atoms with Crippen LogP contribution in [0.5, 0.6) is 11.6 Å². The fourth-order valence-electron chi connectivity index (χ4n) is 2.55. The molecule has 0 saturated heterocycles. The smallest absolute Gasteiger partial charge is 0.245 e. The maximum absolute atomic E-state index is 8.34. The van der Waals surface area contributed by atoms with E-state index in [-0.39, 0.29) is 5.84 Å². The van der Waals surface area contributed by atoms with Gasteiger partial charge in [0.2, 0.25) is 11.8 Å². The molecule has 3 aromatic rings. The van der Waals surface area contributed by atoms with E-state index in [0.717, 1.165) is 18.5 Å². The van der Waals surface area contributed by atoms with Gasteiger partial charge in [-0.25, -0.2) is 4.98 Å². The first-order chi connectivity index (χ1) is 13.2. The Morgan fingerprint density at radius 1 is 1.15 bits per heavy atom. The zero-order chi connectivity index (χ0) is 19.1. The Bertz CT molecular complexity index is 932. The number of aryl methyl sites for hydroxylation is 1. The summed E-state index contributed by atoms with van der Waals surface area (Å²) in [6, 6.07) is 16.6. The van der Waals surface area contributed by atoms with Crippen molar-refractivity contribution in [3.8, 4) is 11.6 Å². The van der Waals surface area contributed by atoms with E-state index in [9.17, 15) is 0 Å². The summed E-state index contributed by atoms with van der Waals surface area (Å²) in [6.07, 6.45) is 3.95. The van der Waals surface area contributed by atoms with Crippen molar-refractivity contribution in [2.24, 2.45) is 4.99 Å². The van der Waals surface area contributed by atoms with Crippen LogP contribution < -0.4 is 9.47 Å². The van der Waals surface area contributed by atoms with Crippen molar-refractivity contribution in [1.82, 2.24) is 9.97 Å². The molecule has 0 spiro atoms. The van der Waals surface area contributed by atoms with Crippen molar-refractivity contribution in [2.45, 2.75) is 19.8 Å². The lowest BCUT2D eigenvalue weighted by Crippen LogP contribution is -2.14. The molecule has 6 nitrogen and oxygen atoms in total. The maximum atomic E-state index is 8.34. The molecule has 6 heteroatoms. The van der Waals surface area contributed by atoms with Crippen LogP contribution in [0.3, 0.4) is 0 Å². The summed E-state index contributed by atoms with van der Waals surface area (Å²) in [5.41, 5.74) is 2.29. The molecule has 0 atom stereocenters. The van der Waals surface area contributed by atoms with E-state index in [1.165, 1.54) is 12.7 Å². The number of ether oxygens (including phenoxy) is 2. The Labute approximate surface area is 158 Å². The minimum absolute atomic E-state index is 0.00790. The molecule has 0 fully saturated rings. The van der Waals surface area contributed by atoms with Gasteiger partial charge in [0.1, 0.15) is 17.1 Å². The molecular weight excluding hydrogens is 340 g/mol. The lowest BCUT2D eigenvalue weighted by atomic mass is 10.2. The molecular formula is C21H22N4O2. The number of aliphatic imine (C=N–C) groups is 1. The van der Waals surface area contributed by atoms with Crippen LogP contribution in [0.1, 0.15) is 30.3 Å². The highest BCUT2D eigenvalue weighted by Gasteiger charge is 2.13. The van der Waals surface area contributed by atoms with Crippen LogP contribution in [-0.4, -0.2) is 28.8 Å². The van der Waals surface area contributed by atoms with Gasteiger partial charge in [-0.15, -0.1) is 0 Å². The summed E-state index contributed by atoms with van der Waals surface area (Å²) in [5.74, 6) is 1.39. The van der Waals surface area contributed by atoms with Crippen molar-refractivity contribution in [3.63, 3.8) is 0 Å². The van der Waals surface area contributed by atoms with Crippen LogP contribution in [0.15, 0.2) is 65.8 Å². The molecule has 2 heterocycles. The number of hydrogen-bond donors (Lipinski definition) is 2. The van der Waals surface area contributed by atoms with Gasteiger partial charge in [-0.1, -0.05) is 37.6 Å². The number of amidine groups is 1. The molecule has 27 heavy (non-hydrogen) atoms. The number of benzene rings is 1. The molecule has 1 aromatic carbocycles. The third-order valence-electron chi connectivity index (χ3n) is 3.86. The molecule has 3 rings (SSSR count). The average Bonchev–Trinajstić information content (AvgIpc) is 3.17. The summed E-state index contributed by atoms with van der Waals surface area (Å²) >= 11 is 0. The number of para-hydroxylation sites is 1. The van der Waals surface area contributed by atoms with E-state index in [1.54, 1.807) is 18.2 Å². The number of aromatic amines is 1. The van der Waals surface area contributed by atoms with Gasteiger partial charge in [-0.3, -0.25) is 5.41 Å².